The SMILES string of the molecule is COc1cccc(CCNC(=O)c2nn(Cc3ccc(Cl)cc3)c3ccccc23)n1. The van der Waals surface area contributed by atoms with Gasteiger partial charge in [-0.2, -0.15) is 5.10 Å². The average molecular weight is 421 g/mol. The van der Waals surface area contributed by atoms with Gasteiger partial charge in [0.05, 0.1) is 19.2 Å². The van der Waals surface area contributed by atoms with Crippen LogP contribution in [0.1, 0.15) is 21.7 Å². The minimum absolute atomic E-state index is 0.205. The third kappa shape index (κ3) is 4.44. The number of amides is 1. The van der Waals surface area contributed by atoms with Gasteiger partial charge in [0, 0.05) is 35.1 Å². The summed E-state index contributed by atoms with van der Waals surface area (Å²) in [5.41, 5.74) is 3.24. The van der Waals surface area contributed by atoms with Crippen molar-refractivity contribution < 1.29 is 9.53 Å². The summed E-state index contributed by atoms with van der Waals surface area (Å²) in [6.07, 6.45) is 0.604. The van der Waals surface area contributed by atoms with Crippen LogP contribution >= 0.6 is 11.6 Å². The van der Waals surface area contributed by atoms with Gasteiger partial charge in [-0.25, -0.2) is 4.98 Å². The molecule has 0 saturated carbocycles. The minimum atomic E-state index is -0.205. The van der Waals surface area contributed by atoms with Crippen molar-refractivity contribution in [2.75, 3.05) is 13.7 Å². The van der Waals surface area contributed by atoms with E-state index in [4.69, 9.17) is 16.3 Å². The van der Waals surface area contributed by atoms with E-state index in [1.807, 2.05) is 65.3 Å². The highest BCUT2D eigenvalue weighted by Gasteiger charge is 2.17. The molecule has 1 N–H and O–H groups in total. The van der Waals surface area contributed by atoms with Crippen molar-refractivity contribution in [1.82, 2.24) is 20.1 Å². The molecule has 0 saturated heterocycles. The maximum absolute atomic E-state index is 12.8. The highest BCUT2D eigenvalue weighted by atomic mass is 35.5. The monoisotopic (exact) mass is 420 g/mol. The fraction of sp³-hybridized carbons (Fsp3) is 0.174. The predicted octanol–water partition coefficient (Wildman–Crippen LogP) is 4.11. The van der Waals surface area contributed by atoms with Crippen LogP contribution in [0.25, 0.3) is 10.9 Å². The lowest BCUT2D eigenvalue weighted by Gasteiger charge is -2.05. The standard InChI is InChI=1S/C23H21ClN4O2/c1-30-21-8-4-5-18(26-21)13-14-25-23(29)22-19-6-2-3-7-20(19)28(27-22)15-16-9-11-17(24)12-10-16/h2-12H,13-15H2,1H3,(H,25,29). The third-order valence-corrected chi connectivity index (χ3v) is 5.03. The Morgan fingerprint density at radius 1 is 1.07 bits per heavy atom. The second-order valence-corrected chi connectivity index (χ2v) is 7.26. The summed E-state index contributed by atoms with van der Waals surface area (Å²) in [5.74, 6) is 0.356. The van der Waals surface area contributed by atoms with Crippen molar-refractivity contribution in [3.8, 4) is 5.88 Å². The molecular formula is C23H21ClN4O2. The van der Waals surface area contributed by atoms with Gasteiger partial charge in [0.1, 0.15) is 0 Å². The Kier molecular flexibility index (Phi) is 5.95. The number of hydrogen-bond donors (Lipinski definition) is 1. The zero-order chi connectivity index (χ0) is 20.9. The number of pyridine rings is 1. The zero-order valence-electron chi connectivity index (χ0n) is 16.5. The molecule has 7 heteroatoms. The van der Waals surface area contributed by atoms with Gasteiger partial charge in [0.2, 0.25) is 5.88 Å². The van der Waals surface area contributed by atoms with Crippen molar-refractivity contribution >= 4 is 28.4 Å². The number of nitrogens with zero attached hydrogens (tertiary/aromatic N) is 3. The minimum Gasteiger partial charge on any atom is -0.481 e. The smallest absolute Gasteiger partial charge is 0.272 e. The Morgan fingerprint density at radius 2 is 1.87 bits per heavy atom. The largest absolute Gasteiger partial charge is 0.481 e. The number of aromatic nitrogens is 3. The Labute approximate surface area is 179 Å². The quantitative estimate of drug-likeness (QED) is 0.488. The zero-order valence-corrected chi connectivity index (χ0v) is 17.3. The highest BCUT2D eigenvalue weighted by molar-refractivity contribution is 6.30. The number of methoxy groups -OCH3 is 1. The van der Waals surface area contributed by atoms with Crippen LogP contribution in [0.2, 0.25) is 5.02 Å². The lowest BCUT2D eigenvalue weighted by Crippen LogP contribution is -2.26. The molecule has 4 rings (SSSR count). The molecule has 1 amide bonds. The number of nitrogens with one attached hydrogen (secondary N) is 1. The summed E-state index contributed by atoms with van der Waals surface area (Å²) in [6.45, 7) is 1.01. The second kappa shape index (κ2) is 8.97. The molecule has 0 aliphatic carbocycles. The van der Waals surface area contributed by atoms with Crippen LogP contribution in [0.15, 0.2) is 66.7 Å². The molecule has 0 fully saturated rings. The number of carbonyl (C=O) groups is 1. The molecule has 30 heavy (non-hydrogen) atoms. The molecule has 4 aromatic rings. The van der Waals surface area contributed by atoms with Gasteiger partial charge >= 0.3 is 0 Å². The van der Waals surface area contributed by atoms with E-state index in [1.54, 1.807) is 13.2 Å². The van der Waals surface area contributed by atoms with E-state index >= 15 is 0 Å². The van der Waals surface area contributed by atoms with Gasteiger partial charge in [-0.15, -0.1) is 0 Å². The van der Waals surface area contributed by atoms with E-state index in [0.29, 0.717) is 36.1 Å². The topological polar surface area (TPSA) is 69.0 Å². The number of halogens is 1. The first-order chi connectivity index (χ1) is 14.6. The van der Waals surface area contributed by atoms with Crippen molar-refractivity contribution in [1.29, 1.82) is 0 Å². The molecule has 0 aliphatic heterocycles. The van der Waals surface area contributed by atoms with Crippen LogP contribution in [0, 0.1) is 0 Å². The number of ether oxygens (including phenoxy) is 1. The van der Waals surface area contributed by atoms with Gasteiger partial charge in [-0.3, -0.25) is 9.48 Å². The molecule has 0 unspecified atom stereocenters. The van der Waals surface area contributed by atoms with Crippen molar-refractivity contribution in [2.24, 2.45) is 0 Å². The number of hydrogen-bond acceptors (Lipinski definition) is 4. The maximum atomic E-state index is 12.8. The first-order valence-corrected chi connectivity index (χ1v) is 10.00. The van der Waals surface area contributed by atoms with E-state index in [9.17, 15) is 4.79 Å². The summed E-state index contributed by atoms with van der Waals surface area (Å²) in [6, 6.07) is 20.9. The normalized spacial score (nSPS) is 10.9. The molecule has 0 bridgehead atoms. The molecule has 0 spiro atoms. The summed E-state index contributed by atoms with van der Waals surface area (Å²) in [7, 11) is 1.58. The van der Waals surface area contributed by atoms with E-state index < -0.39 is 0 Å². The Balaban J connectivity index is 1.50. The van der Waals surface area contributed by atoms with Crippen molar-refractivity contribution in [3.63, 3.8) is 0 Å². The fourth-order valence-corrected chi connectivity index (χ4v) is 3.40. The summed E-state index contributed by atoms with van der Waals surface area (Å²) in [4.78, 5) is 17.2. The number of benzene rings is 2. The molecular weight excluding hydrogens is 400 g/mol. The summed E-state index contributed by atoms with van der Waals surface area (Å²) < 4.78 is 6.98. The first-order valence-electron chi connectivity index (χ1n) is 9.62. The highest BCUT2D eigenvalue weighted by Crippen LogP contribution is 2.20. The first kappa shape index (κ1) is 19.9. The van der Waals surface area contributed by atoms with Crippen LogP contribution < -0.4 is 10.1 Å². The van der Waals surface area contributed by atoms with Crippen molar-refractivity contribution in [3.05, 3.63) is 88.7 Å². The van der Waals surface area contributed by atoms with E-state index in [-0.39, 0.29) is 5.91 Å². The number of rotatable bonds is 7. The van der Waals surface area contributed by atoms with Gasteiger partial charge in [-0.1, -0.05) is 48.0 Å². The molecule has 0 radical (unpaired) electrons. The van der Waals surface area contributed by atoms with Gasteiger partial charge in [0.25, 0.3) is 5.91 Å². The molecule has 2 heterocycles. The summed E-state index contributed by atoms with van der Waals surface area (Å²) in [5, 5.41) is 9.06. The predicted molar refractivity (Wildman–Crippen MR) is 117 cm³/mol. The van der Waals surface area contributed by atoms with E-state index in [2.05, 4.69) is 15.4 Å². The number of fused-ring (bicyclic) bond motifs is 1. The lowest BCUT2D eigenvalue weighted by atomic mass is 10.2. The molecule has 6 nitrogen and oxygen atoms in total. The Bertz CT molecular complexity index is 1170. The Morgan fingerprint density at radius 3 is 2.67 bits per heavy atom. The van der Waals surface area contributed by atoms with Crippen LogP contribution in [0.4, 0.5) is 0 Å². The fourth-order valence-electron chi connectivity index (χ4n) is 3.28. The van der Waals surface area contributed by atoms with Gasteiger partial charge in [-0.05, 0) is 29.8 Å². The van der Waals surface area contributed by atoms with Crippen LogP contribution in [0.5, 0.6) is 5.88 Å². The van der Waals surface area contributed by atoms with Crippen LogP contribution in [-0.4, -0.2) is 34.3 Å². The average Bonchev–Trinajstić information content (AvgIpc) is 3.14. The number of carbonyl (C=O) groups excluding carboxylic acids is 1. The Hall–Kier alpha value is -3.38. The van der Waals surface area contributed by atoms with Crippen LogP contribution in [-0.2, 0) is 13.0 Å². The summed E-state index contributed by atoms with van der Waals surface area (Å²) >= 11 is 5.98. The lowest BCUT2D eigenvalue weighted by molar-refractivity contribution is 0.0950. The van der Waals surface area contributed by atoms with E-state index in [0.717, 1.165) is 22.2 Å². The maximum Gasteiger partial charge on any atom is 0.272 e. The van der Waals surface area contributed by atoms with Gasteiger partial charge in [0.15, 0.2) is 5.69 Å². The number of para-hydroxylation sites is 1. The van der Waals surface area contributed by atoms with Crippen LogP contribution in [0.3, 0.4) is 0 Å². The van der Waals surface area contributed by atoms with E-state index in [1.165, 1.54) is 0 Å². The van der Waals surface area contributed by atoms with Gasteiger partial charge < -0.3 is 10.1 Å². The van der Waals surface area contributed by atoms with Crippen molar-refractivity contribution in [2.45, 2.75) is 13.0 Å². The third-order valence-electron chi connectivity index (χ3n) is 4.78. The molecule has 2 aromatic heterocycles. The second-order valence-electron chi connectivity index (χ2n) is 6.83. The molecule has 152 valence electrons. The molecule has 0 aliphatic rings. The molecule has 0 atom stereocenters. The molecule has 2 aromatic carbocycles.